The molecule has 1 aromatic rings. The highest BCUT2D eigenvalue weighted by Gasteiger charge is 2.29. The summed E-state index contributed by atoms with van der Waals surface area (Å²) >= 11 is 0. The molecule has 1 unspecified atom stereocenters. The van der Waals surface area contributed by atoms with Crippen LogP contribution < -0.4 is 10.2 Å². The van der Waals surface area contributed by atoms with Gasteiger partial charge in [-0.15, -0.1) is 0 Å². The molecule has 0 aromatic heterocycles. The summed E-state index contributed by atoms with van der Waals surface area (Å²) in [4.78, 5) is 12.8. The first kappa shape index (κ1) is 10.5. The van der Waals surface area contributed by atoms with Crippen LogP contribution in [-0.4, -0.2) is 30.6 Å². The number of hydrogen-bond donors (Lipinski definition) is 1. The minimum atomic E-state index is -0.315. The number of piperazine rings is 1. The van der Waals surface area contributed by atoms with Crippen LogP contribution >= 0.6 is 0 Å². The van der Waals surface area contributed by atoms with Crippen molar-refractivity contribution >= 4 is 11.4 Å². The van der Waals surface area contributed by atoms with Crippen LogP contribution in [0.15, 0.2) is 18.2 Å². The van der Waals surface area contributed by atoms with Gasteiger partial charge in [0, 0.05) is 43.5 Å². The summed E-state index contributed by atoms with van der Waals surface area (Å²) in [6, 6.07) is 5.81. The third-order valence-electron chi connectivity index (χ3n) is 3.68. The van der Waals surface area contributed by atoms with E-state index in [0.29, 0.717) is 6.04 Å². The van der Waals surface area contributed by atoms with Crippen molar-refractivity contribution in [2.75, 3.05) is 24.5 Å². The molecule has 90 valence electrons. The fourth-order valence-electron chi connectivity index (χ4n) is 2.82. The Kier molecular flexibility index (Phi) is 2.48. The Balaban J connectivity index is 1.97. The van der Waals surface area contributed by atoms with Crippen LogP contribution in [-0.2, 0) is 6.42 Å². The first-order chi connectivity index (χ1) is 8.25. The molecule has 5 heteroatoms. The number of nitrogens with one attached hydrogen (secondary N) is 1. The highest BCUT2D eigenvalue weighted by molar-refractivity contribution is 5.60. The Hall–Kier alpha value is -1.62. The number of nitro groups is 1. The largest absolute Gasteiger partial charge is 0.366 e. The first-order valence-electron chi connectivity index (χ1n) is 6.00. The van der Waals surface area contributed by atoms with Crippen molar-refractivity contribution in [1.82, 2.24) is 5.32 Å². The fourth-order valence-corrected chi connectivity index (χ4v) is 2.82. The van der Waals surface area contributed by atoms with Gasteiger partial charge in [-0.1, -0.05) is 0 Å². The lowest BCUT2D eigenvalue weighted by atomic mass is 9.94. The molecule has 5 nitrogen and oxygen atoms in total. The molecule has 1 N–H and O–H groups in total. The summed E-state index contributed by atoms with van der Waals surface area (Å²) < 4.78 is 0. The second kappa shape index (κ2) is 4.00. The molecule has 3 rings (SSSR count). The van der Waals surface area contributed by atoms with Gasteiger partial charge in [-0.05, 0) is 24.5 Å². The number of nitrogens with zero attached hydrogens (tertiary/aromatic N) is 2. The van der Waals surface area contributed by atoms with E-state index in [2.05, 4.69) is 10.2 Å². The number of nitro benzene ring substituents is 1. The Morgan fingerprint density at radius 3 is 3.18 bits per heavy atom. The summed E-state index contributed by atoms with van der Waals surface area (Å²) in [5.41, 5.74) is 2.52. The lowest BCUT2D eigenvalue weighted by molar-refractivity contribution is -0.384. The average molecular weight is 233 g/mol. The van der Waals surface area contributed by atoms with Gasteiger partial charge in [-0.3, -0.25) is 10.1 Å². The van der Waals surface area contributed by atoms with Crippen molar-refractivity contribution < 1.29 is 4.92 Å². The normalized spacial score (nSPS) is 22.8. The van der Waals surface area contributed by atoms with E-state index < -0.39 is 0 Å². The molecule has 0 spiro atoms. The van der Waals surface area contributed by atoms with Gasteiger partial charge in [0.2, 0.25) is 0 Å². The number of fused-ring (bicyclic) bond motifs is 3. The Labute approximate surface area is 99.6 Å². The van der Waals surface area contributed by atoms with E-state index in [1.165, 1.54) is 5.69 Å². The van der Waals surface area contributed by atoms with Crippen LogP contribution in [0.3, 0.4) is 0 Å². The highest BCUT2D eigenvalue weighted by Crippen LogP contribution is 2.33. The zero-order valence-corrected chi connectivity index (χ0v) is 9.56. The maximum atomic E-state index is 10.8. The van der Waals surface area contributed by atoms with Crippen molar-refractivity contribution in [3.63, 3.8) is 0 Å². The summed E-state index contributed by atoms with van der Waals surface area (Å²) in [6.07, 6.45) is 2.03. The van der Waals surface area contributed by atoms with Crippen LogP contribution in [0.25, 0.3) is 0 Å². The topological polar surface area (TPSA) is 58.4 Å². The molecule has 17 heavy (non-hydrogen) atoms. The summed E-state index contributed by atoms with van der Waals surface area (Å²) in [5.74, 6) is 0. The molecule has 2 heterocycles. The molecule has 1 atom stereocenters. The van der Waals surface area contributed by atoms with Crippen LogP contribution in [0.2, 0.25) is 0 Å². The summed E-state index contributed by atoms with van der Waals surface area (Å²) in [6.45, 7) is 3.01. The maximum absolute atomic E-state index is 10.8. The first-order valence-corrected chi connectivity index (χ1v) is 6.00. The van der Waals surface area contributed by atoms with Gasteiger partial charge in [0.15, 0.2) is 0 Å². The standard InChI is InChI=1S/C12H15N3O2/c16-15(17)10-3-4-12-9(7-10)1-2-11-8-13-5-6-14(11)12/h3-4,7,11,13H,1-2,5-6,8H2. The molecule has 0 aliphatic carbocycles. The third-order valence-corrected chi connectivity index (χ3v) is 3.68. The van der Waals surface area contributed by atoms with Gasteiger partial charge in [0.05, 0.1) is 4.92 Å². The van der Waals surface area contributed by atoms with Gasteiger partial charge in [-0.25, -0.2) is 0 Å². The lowest BCUT2D eigenvalue weighted by Crippen LogP contribution is -2.53. The molecule has 0 radical (unpaired) electrons. The second-order valence-electron chi connectivity index (χ2n) is 4.66. The molecule has 1 aromatic carbocycles. The van der Waals surface area contributed by atoms with Gasteiger partial charge < -0.3 is 10.2 Å². The van der Waals surface area contributed by atoms with Crippen molar-refractivity contribution in [2.45, 2.75) is 18.9 Å². The molecule has 2 aliphatic heterocycles. The number of benzene rings is 1. The van der Waals surface area contributed by atoms with Gasteiger partial charge in [0.25, 0.3) is 5.69 Å². The van der Waals surface area contributed by atoms with E-state index >= 15 is 0 Å². The van der Waals surface area contributed by atoms with Crippen molar-refractivity contribution in [1.29, 1.82) is 0 Å². The highest BCUT2D eigenvalue weighted by atomic mass is 16.6. The average Bonchev–Trinajstić information content (AvgIpc) is 2.38. The van der Waals surface area contributed by atoms with Crippen LogP contribution in [0.4, 0.5) is 11.4 Å². The van der Waals surface area contributed by atoms with Gasteiger partial charge in [-0.2, -0.15) is 0 Å². The third kappa shape index (κ3) is 1.76. The number of rotatable bonds is 1. The summed E-state index contributed by atoms with van der Waals surface area (Å²) in [7, 11) is 0. The van der Waals surface area contributed by atoms with Gasteiger partial charge >= 0.3 is 0 Å². The monoisotopic (exact) mass is 233 g/mol. The number of hydrogen-bond acceptors (Lipinski definition) is 4. The fraction of sp³-hybridized carbons (Fsp3) is 0.500. The minimum absolute atomic E-state index is 0.206. The SMILES string of the molecule is O=[N+]([O-])c1ccc2c(c1)CCC1CNCCN21. The molecule has 0 saturated carbocycles. The number of non-ortho nitro benzene ring substituents is 1. The molecule has 0 amide bonds. The summed E-state index contributed by atoms with van der Waals surface area (Å²) in [5, 5.41) is 14.1. The Morgan fingerprint density at radius 1 is 1.47 bits per heavy atom. The lowest BCUT2D eigenvalue weighted by Gasteiger charge is -2.42. The smallest absolute Gasteiger partial charge is 0.269 e. The van der Waals surface area contributed by atoms with E-state index in [9.17, 15) is 10.1 Å². The van der Waals surface area contributed by atoms with E-state index in [0.717, 1.165) is 38.0 Å². The Morgan fingerprint density at radius 2 is 2.35 bits per heavy atom. The molecular weight excluding hydrogens is 218 g/mol. The molecule has 0 bridgehead atoms. The minimum Gasteiger partial charge on any atom is -0.366 e. The van der Waals surface area contributed by atoms with Crippen molar-refractivity contribution in [3.8, 4) is 0 Å². The number of anilines is 1. The van der Waals surface area contributed by atoms with Crippen LogP contribution in [0, 0.1) is 10.1 Å². The predicted molar refractivity (Wildman–Crippen MR) is 65.4 cm³/mol. The molecular formula is C12H15N3O2. The zero-order chi connectivity index (χ0) is 11.8. The van der Waals surface area contributed by atoms with E-state index in [-0.39, 0.29) is 10.6 Å². The number of aryl methyl sites for hydroxylation is 1. The quantitative estimate of drug-likeness (QED) is 0.587. The second-order valence-corrected chi connectivity index (χ2v) is 4.66. The van der Waals surface area contributed by atoms with Crippen molar-refractivity contribution in [2.24, 2.45) is 0 Å². The van der Waals surface area contributed by atoms with Gasteiger partial charge in [0.1, 0.15) is 0 Å². The Bertz CT molecular complexity index is 461. The molecule has 1 fully saturated rings. The zero-order valence-electron chi connectivity index (χ0n) is 9.56. The van der Waals surface area contributed by atoms with Crippen LogP contribution in [0.1, 0.15) is 12.0 Å². The van der Waals surface area contributed by atoms with Crippen molar-refractivity contribution in [3.05, 3.63) is 33.9 Å². The van der Waals surface area contributed by atoms with E-state index in [1.807, 2.05) is 6.07 Å². The molecule has 2 aliphatic rings. The molecule has 1 saturated heterocycles. The van der Waals surface area contributed by atoms with E-state index in [1.54, 1.807) is 12.1 Å². The van der Waals surface area contributed by atoms with Crippen LogP contribution in [0.5, 0.6) is 0 Å². The van der Waals surface area contributed by atoms with E-state index in [4.69, 9.17) is 0 Å². The maximum Gasteiger partial charge on any atom is 0.269 e. The predicted octanol–water partition coefficient (Wildman–Crippen LogP) is 1.32.